The predicted octanol–water partition coefficient (Wildman–Crippen LogP) is 3.48. The van der Waals surface area contributed by atoms with Crippen molar-refractivity contribution in [2.45, 2.75) is 32.7 Å². The lowest BCUT2D eigenvalue weighted by atomic mass is 10.0. The first-order chi connectivity index (χ1) is 8.72. The Hall–Kier alpha value is -1.35. The van der Waals surface area contributed by atoms with Crippen LogP contribution in [0.25, 0.3) is 0 Å². The Balaban J connectivity index is 2.26. The zero-order chi connectivity index (χ0) is 13.0. The van der Waals surface area contributed by atoms with Crippen LogP contribution in [0, 0.1) is 12.7 Å². The van der Waals surface area contributed by atoms with E-state index in [0.29, 0.717) is 12.2 Å². The Bertz CT molecular complexity index is 442. The van der Waals surface area contributed by atoms with Crippen LogP contribution in [0.5, 0.6) is 0 Å². The van der Waals surface area contributed by atoms with E-state index in [-0.39, 0.29) is 11.9 Å². The average Bonchev–Trinajstić information content (AvgIpc) is 2.85. The van der Waals surface area contributed by atoms with Gasteiger partial charge in [-0.3, -0.25) is 0 Å². The third kappa shape index (κ3) is 2.91. The summed E-state index contributed by atoms with van der Waals surface area (Å²) in [5, 5.41) is 3.35. The minimum atomic E-state index is -0.167. The summed E-state index contributed by atoms with van der Waals surface area (Å²) in [7, 11) is 0. The van der Waals surface area contributed by atoms with Crippen molar-refractivity contribution in [3.63, 3.8) is 0 Å². The van der Waals surface area contributed by atoms with Crippen molar-refractivity contribution in [2.24, 2.45) is 0 Å². The second kappa shape index (κ2) is 6.01. The topological polar surface area (TPSA) is 21.3 Å². The Labute approximate surface area is 108 Å². The largest absolute Gasteiger partial charge is 0.496 e. The molecule has 2 nitrogen and oxygen atoms in total. The second-order valence-corrected chi connectivity index (χ2v) is 4.66. The number of aryl methyl sites for hydroxylation is 1. The lowest BCUT2D eigenvalue weighted by Gasteiger charge is -2.21. The number of hydrogen-bond acceptors (Lipinski definition) is 2. The molecule has 1 aromatic carbocycles. The van der Waals surface area contributed by atoms with Crippen molar-refractivity contribution in [1.29, 1.82) is 0 Å². The lowest BCUT2D eigenvalue weighted by molar-refractivity contribution is 0.214. The number of hydrogen-bond donors (Lipinski definition) is 1. The number of halogens is 1. The third-order valence-corrected chi connectivity index (χ3v) is 3.08. The Morgan fingerprint density at radius 2 is 2.28 bits per heavy atom. The van der Waals surface area contributed by atoms with E-state index >= 15 is 0 Å². The molecule has 1 aliphatic heterocycles. The van der Waals surface area contributed by atoms with Gasteiger partial charge in [0.15, 0.2) is 0 Å². The van der Waals surface area contributed by atoms with Gasteiger partial charge in [0.2, 0.25) is 0 Å². The molecule has 0 saturated carbocycles. The van der Waals surface area contributed by atoms with Crippen LogP contribution in [0.1, 0.15) is 36.9 Å². The summed E-state index contributed by atoms with van der Waals surface area (Å²) in [5.41, 5.74) is 1.61. The predicted molar refractivity (Wildman–Crippen MR) is 70.8 cm³/mol. The minimum absolute atomic E-state index is 0.159. The smallest absolute Gasteiger partial charge is 0.128 e. The van der Waals surface area contributed by atoms with Gasteiger partial charge in [0.25, 0.3) is 0 Å². The highest BCUT2D eigenvalue weighted by Crippen LogP contribution is 2.28. The van der Waals surface area contributed by atoms with Crippen LogP contribution >= 0.6 is 0 Å². The van der Waals surface area contributed by atoms with Gasteiger partial charge in [-0.1, -0.05) is 19.1 Å². The van der Waals surface area contributed by atoms with E-state index in [1.165, 1.54) is 0 Å². The van der Waals surface area contributed by atoms with Crippen LogP contribution in [0.4, 0.5) is 4.39 Å². The molecule has 0 aliphatic carbocycles. The van der Waals surface area contributed by atoms with Crippen molar-refractivity contribution in [2.75, 3.05) is 13.2 Å². The Morgan fingerprint density at radius 1 is 1.44 bits per heavy atom. The number of nitrogens with one attached hydrogen (secondary N) is 1. The molecule has 1 atom stereocenters. The molecular formula is C15H20FNO. The summed E-state index contributed by atoms with van der Waals surface area (Å²) in [5.74, 6) is 0.686. The van der Waals surface area contributed by atoms with Gasteiger partial charge < -0.3 is 10.1 Å². The van der Waals surface area contributed by atoms with Crippen molar-refractivity contribution in [3.05, 3.63) is 47.0 Å². The molecular weight excluding hydrogens is 229 g/mol. The average molecular weight is 249 g/mol. The van der Waals surface area contributed by atoms with E-state index < -0.39 is 0 Å². The van der Waals surface area contributed by atoms with Crippen LogP contribution in [0.15, 0.2) is 30.0 Å². The van der Waals surface area contributed by atoms with Gasteiger partial charge in [0, 0.05) is 12.0 Å². The Kier molecular flexibility index (Phi) is 4.37. The molecule has 3 heteroatoms. The monoisotopic (exact) mass is 249 g/mol. The van der Waals surface area contributed by atoms with Crippen LogP contribution < -0.4 is 5.32 Å². The quantitative estimate of drug-likeness (QED) is 0.862. The van der Waals surface area contributed by atoms with Gasteiger partial charge in [-0.2, -0.15) is 0 Å². The molecule has 98 valence electrons. The Morgan fingerprint density at radius 3 is 2.89 bits per heavy atom. The molecule has 1 aliphatic rings. The first-order valence-corrected chi connectivity index (χ1v) is 6.54. The molecule has 0 bridgehead atoms. The van der Waals surface area contributed by atoms with E-state index in [1.54, 1.807) is 6.07 Å². The zero-order valence-electron chi connectivity index (χ0n) is 11.0. The first-order valence-electron chi connectivity index (χ1n) is 6.54. The van der Waals surface area contributed by atoms with E-state index in [4.69, 9.17) is 4.74 Å². The van der Waals surface area contributed by atoms with Gasteiger partial charge in [-0.25, -0.2) is 4.39 Å². The van der Waals surface area contributed by atoms with E-state index in [2.05, 4.69) is 12.2 Å². The molecule has 1 N–H and O–H groups in total. The molecule has 1 unspecified atom stereocenters. The van der Waals surface area contributed by atoms with Gasteiger partial charge >= 0.3 is 0 Å². The number of ether oxygens (including phenoxy) is 1. The maximum Gasteiger partial charge on any atom is 0.128 e. The highest BCUT2D eigenvalue weighted by atomic mass is 19.1. The molecule has 0 aromatic heterocycles. The molecule has 0 fully saturated rings. The standard InChI is InChI=1S/C15H20FNO/c1-3-8-17-15(14-5-4-9-18-14)12-7-6-11(2)10-13(12)16/h5-7,10,15,17H,3-4,8-9H2,1-2H3. The molecule has 2 rings (SSSR count). The summed E-state index contributed by atoms with van der Waals surface area (Å²) >= 11 is 0. The minimum Gasteiger partial charge on any atom is -0.496 e. The van der Waals surface area contributed by atoms with Gasteiger partial charge in [0.05, 0.1) is 12.6 Å². The molecule has 0 spiro atoms. The van der Waals surface area contributed by atoms with Crippen molar-refractivity contribution >= 4 is 0 Å². The first kappa shape index (κ1) is 13.1. The fourth-order valence-corrected chi connectivity index (χ4v) is 2.16. The highest BCUT2D eigenvalue weighted by Gasteiger charge is 2.22. The van der Waals surface area contributed by atoms with Gasteiger partial charge in [-0.15, -0.1) is 0 Å². The number of rotatable bonds is 5. The van der Waals surface area contributed by atoms with Crippen LogP contribution in [-0.2, 0) is 4.74 Å². The third-order valence-electron chi connectivity index (χ3n) is 3.08. The van der Waals surface area contributed by atoms with Crippen molar-refractivity contribution in [3.8, 4) is 0 Å². The van der Waals surface area contributed by atoms with Crippen molar-refractivity contribution < 1.29 is 9.13 Å². The SMILES string of the molecule is CCCNC(C1=CCCO1)c1ccc(C)cc1F. The zero-order valence-corrected chi connectivity index (χ0v) is 11.0. The van der Waals surface area contributed by atoms with Crippen LogP contribution in [0.3, 0.4) is 0 Å². The normalized spacial score (nSPS) is 16.3. The summed E-state index contributed by atoms with van der Waals surface area (Å²) in [6, 6.07) is 5.20. The summed E-state index contributed by atoms with van der Waals surface area (Å²) in [6.45, 7) is 5.54. The van der Waals surface area contributed by atoms with Crippen LogP contribution in [0.2, 0.25) is 0 Å². The van der Waals surface area contributed by atoms with Crippen molar-refractivity contribution in [1.82, 2.24) is 5.32 Å². The maximum atomic E-state index is 14.1. The molecule has 0 saturated heterocycles. The fourth-order valence-electron chi connectivity index (χ4n) is 2.16. The van der Waals surface area contributed by atoms with Crippen LogP contribution in [-0.4, -0.2) is 13.2 Å². The maximum absolute atomic E-state index is 14.1. The van der Waals surface area contributed by atoms with E-state index in [0.717, 1.165) is 30.7 Å². The van der Waals surface area contributed by atoms with Gasteiger partial charge in [0.1, 0.15) is 11.6 Å². The molecule has 0 radical (unpaired) electrons. The van der Waals surface area contributed by atoms with E-state index in [9.17, 15) is 4.39 Å². The summed E-state index contributed by atoms with van der Waals surface area (Å²) in [6.07, 6.45) is 3.97. The molecule has 0 amide bonds. The summed E-state index contributed by atoms with van der Waals surface area (Å²) < 4.78 is 19.6. The lowest BCUT2D eigenvalue weighted by Crippen LogP contribution is -2.25. The van der Waals surface area contributed by atoms with Gasteiger partial charge in [-0.05, 0) is 37.6 Å². The fraction of sp³-hybridized carbons (Fsp3) is 0.467. The highest BCUT2D eigenvalue weighted by molar-refractivity contribution is 5.31. The molecule has 1 aromatic rings. The second-order valence-electron chi connectivity index (χ2n) is 4.66. The molecule has 18 heavy (non-hydrogen) atoms. The van der Waals surface area contributed by atoms with E-state index in [1.807, 2.05) is 25.1 Å². The summed E-state index contributed by atoms with van der Waals surface area (Å²) in [4.78, 5) is 0. The number of benzene rings is 1. The molecule has 1 heterocycles.